The Morgan fingerprint density at radius 3 is 2.62 bits per heavy atom. The van der Waals surface area contributed by atoms with Crippen molar-refractivity contribution in [2.45, 2.75) is 6.61 Å². The highest BCUT2D eigenvalue weighted by Gasteiger charge is 2.09. The molecule has 0 atom stereocenters. The number of oxime groups is 1. The topological polar surface area (TPSA) is 67.8 Å². The van der Waals surface area contributed by atoms with E-state index >= 15 is 0 Å². The molecule has 21 heavy (non-hydrogen) atoms. The highest BCUT2D eigenvalue weighted by Crippen LogP contribution is 2.23. The van der Waals surface area contributed by atoms with Gasteiger partial charge in [-0.3, -0.25) is 0 Å². The zero-order valence-electron chi connectivity index (χ0n) is 10.7. The van der Waals surface area contributed by atoms with Gasteiger partial charge in [-0.15, -0.1) is 0 Å². The second-order valence-corrected chi connectivity index (χ2v) is 5.01. The fourth-order valence-corrected chi connectivity index (χ4v) is 2.09. The quantitative estimate of drug-likeness (QED) is 0.381. The van der Waals surface area contributed by atoms with Crippen LogP contribution in [0.15, 0.2) is 46.0 Å². The average Bonchev–Trinajstić information content (AvgIpc) is 2.46. The number of hydrogen-bond donors (Lipinski definition) is 2. The van der Waals surface area contributed by atoms with Crippen LogP contribution in [0.5, 0.6) is 5.75 Å². The fourth-order valence-electron chi connectivity index (χ4n) is 1.63. The Hall–Kier alpha value is -2.15. The number of amidine groups is 1. The molecule has 0 heterocycles. The van der Waals surface area contributed by atoms with Crippen LogP contribution in [0.25, 0.3) is 0 Å². The first kappa shape index (κ1) is 15.2. The monoisotopic (exact) mass is 356 g/mol. The first-order valence-electron chi connectivity index (χ1n) is 5.85. The molecule has 3 N–H and O–H groups in total. The molecular formula is C14H11BrF2N2O2. The van der Waals surface area contributed by atoms with Crippen LogP contribution in [0, 0.1) is 11.6 Å². The molecule has 2 aromatic carbocycles. The highest BCUT2D eigenvalue weighted by atomic mass is 79.9. The molecule has 0 aliphatic heterocycles. The van der Waals surface area contributed by atoms with Gasteiger partial charge in [-0.05, 0) is 30.3 Å². The molecule has 110 valence electrons. The van der Waals surface area contributed by atoms with Gasteiger partial charge in [0.2, 0.25) is 0 Å². The third-order valence-corrected chi connectivity index (χ3v) is 3.47. The number of hydrogen-bond acceptors (Lipinski definition) is 3. The van der Waals surface area contributed by atoms with Crippen molar-refractivity contribution >= 4 is 21.8 Å². The van der Waals surface area contributed by atoms with Gasteiger partial charge in [0.05, 0.1) is 0 Å². The summed E-state index contributed by atoms with van der Waals surface area (Å²) < 4.78 is 32.7. The molecule has 0 amide bonds. The van der Waals surface area contributed by atoms with Gasteiger partial charge in [0.1, 0.15) is 12.4 Å². The summed E-state index contributed by atoms with van der Waals surface area (Å²) in [6.45, 7) is 0.0701. The van der Waals surface area contributed by atoms with Crippen molar-refractivity contribution in [3.05, 3.63) is 63.6 Å². The number of nitrogens with two attached hydrogens (primary N) is 1. The predicted molar refractivity (Wildman–Crippen MR) is 77.3 cm³/mol. The van der Waals surface area contributed by atoms with Crippen LogP contribution < -0.4 is 10.5 Å². The summed E-state index contributed by atoms with van der Waals surface area (Å²) >= 11 is 3.21. The van der Waals surface area contributed by atoms with Gasteiger partial charge >= 0.3 is 0 Å². The lowest BCUT2D eigenvalue weighted by Gasteiger charge is -2.09. The predicted octanol–water partition coefficient (Wildman–Crippen LogP) is 3.40. The van der Waals surface area contributed by atoms with E-state index in [4.69, 9.17) is 15.7 Å². The zero-order chi connectivity index (χ0) is 15.4. The van der Waals surface area contributed by atoms with Gasteiger partial charge in [-0.25, -0.2) is 8.78 Å². The molecule has 2 rings (SSSR count). The van der Waals surface area contributed by atoms with Crippen molar-refractivity contribution < 1.29 is 18.7 Å². The van der Waals surface area contributed by atoms with E-state index in [1.54, 1.807) is 6.07 Å². The molecule has 4 nitrogen and oxygen atoms in total. The Morgan fingerprint density at radius 1 is 1.24 bits per heavy atom. The molecule has 0 fully saturated rings. The van der Waals surface area contributed by atoms with E-state index in [-0.39, 0.29) is 29.6 Å². The van der Waals surface area contributed by atoms with Gasteiger partial charge in [0.15, 0.2) is 17.4 Å². The largest absolute Gasteiger partial charge is 0.486 e. The normalized spacial score (nSPS) is 11.5. The Kier molecular flexibility index (Phi) is 4.74. The maximum atomic E-state index is 13.8. The lowest BCUT2D eigenvalue weighted by atomic mass is 10.2. The van der Waals surface area contributed by atoms with Gasteiger partial charge < -0.3 is 15.7 Å². The van der Waals surface area contributed by atoms with Gasteiger partial charge in [-0.2, -0.15) is 0 Å². The molecule has 0 bridgehead atoms. The van der Waals surface area contributed by atoms with Crippen molar-refractivity contribution in [3.8, 4) is 5.75 Å². The minimum absolute atomic E-state index is 0.0146. The lowest BCUT2D eigenvalue weighted by molar-refractivity contribution is 0.289. The molecule has 0 saturated heterocycles. The molecule has 0 aliphatic carbocycles. The van der Waals surface area contributed by atoms with Crippen molar-refractivity contribution in [1.29, 1.82) is 0 Å². The second kappa shape index (κ2) is 6.53. The minimum Gasteiger partial charge on any atom is -0.486 e. The van der Waals surface area contributed by atoms with Crippen molar-refractivity contribution in [2.75, 3.05) is 0 Å². The van der Waals surface area contributed by atoms with E-state index in [1.807, 2.05) is 0 Å². The molecule has 0 unspecified atom stereocenters. The van der Waals surface area contributed by atoms with Gasteiger partial charge in [0, 0.05) is 15.6 Å². The summed E-state index contributed by atoms with van der Waals surface area (Å²) in [4.78, 5) is 0. The van der Waals surface area contributed by atoms with Crippen molar-refractivity contribution in [3.63, 3.8) is 0 Å². The summed E-state index contributed by atoms with van der Waals surface area (Å²) in [6, 6.07) is 8.08. The number of rotatable bonds is 4. The Balaban J connectivity index is 2.13. The maximum Gasteiger partial charge on any atom is 0.170 e. The van der Waals surface area contributed by atoms with E-state index in [0.717, 1.165) is 6.07 Å². The van der Waals surface area contributed by atoms with Crippen LogP contribution in [0.2, 0.25) is 0 Å². The van der Waals surface area contributed by atoms with Crippen LogP contribution >= 0.6 is 15.9 Å². The second-order valence-electron chi connectivity index (χ2n) is 4.15. The number of ether oxygens (including phenoxy) is 1. The van der Waals surface area contributed by atoms with Gasteiger partial charge in [-0.1, -0.05) is 27.2 Å². The first-order chi connectivity index (χ1) is 10.0. The third kappa shape index (κ3) is 3.69. The van der Waals surface area contributed by atoms with E-state index in [0.29, 0.717) is 10.0 Å². The van der Waals surface area contributed by atoms with Gasteiger partial charge in [0.25, 0.3) is 0 Å². The molecule has 0 aliphatic rings. The van der Waals surface area contributed by atoms with Crippen LogP contribution in [0.4, 0.5) is 8.78 Å². The minimum atomic E-state index is -0.641. The number of nitrogens with zero attached hydrogens (tertiary/aromatic N) is 1. The summed E-state index contributed by atoms with van der Waals surface area (Å²) in [5.74, 6) is -1.19. The summed E-state index contributed by atoms with van der Waals surface area (Å²) in [5, 5.41) is 11.3. The van der Waals surface area contributed by atoms with Crippen LogP contribution in [0.3, 0.4) is 0 Å². The molecular weight excluding hydrogens is 346 g/mol. The van der Waals surface area contributed by atoms with E-state index in [9.17, 15) is 8.78 Å². The number of benzene rings is 2. The highest BCUT2D eigenvalue weighted by molar-refractivity contribution is 9.10. The first-order valence-corrected chi connectivity index (χ1v) is 6.64. The van der Waals surface area contributed by atoms with Crippen molar-refractivity contribution in [2.24, 2.45) is 10.9 Å². The molecule has 7 heteroatoms. The summed E-state index contributed by atoms with van der Waals surface area (Å²) in [5.41, 5.74) is 6.28. The van der Waals surface area contributed by atoms with E-state index < -0.39 is 5.82 Å². The van der Waals surface area contributed by atoms with Crippen LogP contribution in [-0.2, 0) is 6.61 Å². The van der Waals surface area contributed by atoms with Crippen molar-refractivity contribution in [1.82, 2.24) is 0 Å². The average molecular weight is 357 g/mol. The van der Waals surface area contributed by atoms with Crippen LogP contribution in [0.1, 0.15) is 11.1 Å². The van der Waals surface area contributed by atoms with E-state index in [1.165, 1.54) is 24.3 Å². The summed E-state index contributed by atoms with van der Waals surface area (Å²) in [7, 11) is 0. The molecule has 0 aromatic heterocycles. The number of halogens is 3. The Morgan fingerprint density at radius 2 is 2.00 bits per heavy atom. The molecule has 0 saturated carbocycles. The molecule has 2 aromatic rings. The Bertz CT molecular complexity index is 693. The fraction of sp³-hybridized carbons (Fsp3) is 0.0714. The van der Waals surface area contributed by atoms with Crippen LogP contribution in [-0.4, -0.2) is 11.0 Å². The zero-order valence-corrected chi connectivity index (χ0v) is 12.3. The lowest BCUT2D eigenvalue weighted by Crippen LogP contribution is -2.13. The summed E-state index contributed by atoms with van der Waals surface area (Å²) in [6.07, 6.45) is 0. The SMILES string of the molecule is N/C(=N/O)c1ccc(OCc2ccc(F)cc2Br)c(F)c1. The smallest absolute Gasteiger partial charge is 0.170 e. The third-order valence-electron chi connectivity index (χ3n) is 2.73. The maximum absolute atomic E-state index is 13.8. The molecule has 0 spiro atoms. The Labute approximate surface area is 128 Å². The standard InChI is InChI=1S/C14H11BrF2N2O2/c15-11-6-10(16)3-1-9(11)7-21-13-4-2-8(5-12(13)17)14(18)19-20/h1-6,20H,7H2,(H2,18,19). The van der Waals surface area contributed by atoms with E-state index in [2.05, 4.69) is 21.1 Å². The molecule has 0 radical (unpaired) electrons.